The average molecular weight is 428 g/mol. The first-order valence-electron chi connectivity index (χ1n) is 8.77. The highest BCUT2D eigenvalue weighted by Crippen LogP contribution is 2.24. The zero-order chi connectivity index (χ0) is 23.0. The number of amides is 2. The molecule has 1 unspecified atom stereocenters. The van der Waals surface area contributed by atoms with Gasteiger partial charge >= 0.3 is 6.18 Å². The Morgan fingerprint density at radius 2 is 1.77 bits per heavy atom. The maximum Gasteiger partial charge on any atom is 0.408 e. The molecular weight excluding hydrogens is 408 g/mol. The number of nitrogens with one attached hydrogen (secondary N) is 2. The molecule has 0 aliphatic heterocycles. The molecule has 2 aromatic heterocycles. The van der Waals surface area contributed by atoms with Crippen molar-refractivity contribution in [1.29, 1.82) is 0 Å². The van der Waals surface area contributed by atoms with Gasteiger partial charge in [-0.3, -0.25) is 14.4 Å². The summed E-state index contributed by atoms with van der Waals surface area (Å²) in [4.78, 5) is 40.8. The lowest BCUT2D eigenvalue weighted by Crippen LogP contribution is -2.46. The van der Waals surface area contributed by atoms with E-state index in [2.05, 4.69) is 10.3 Å². The van der Waals surface area contributed by atoms with Crippen molar-refractivity contribution in [2.24, 2.45) is 7.05 Å². The fourth-order valence-electron chi connectivity index (χ4n) is 2.91. The number of hydrogen-bond acceptors (Lipinski definition) is 4. The van der Waals surface area contributed by atoms with Crippen molar-refractivity contribution >= 4 is 23.3 Å². The lowest BCUT2D eigenvalue weighted by atomic mass is 10.1. The Balaban J connectivity index is 2.33. The molecule has 2 aromatic rings. The molecule has 0 aliphatic rings. The minimum atomic E-state index is -4.71. The number of carbonyl (C=O) groups excluding carboxylic acids is 3. The van der Waals surface area contributed by atoms with Crippen LogP contribution in [0.3, 0.4) is 0 Å². The van der Waals surface area contributed by atoms with Crippen LogP contribution in [0.5, 0.6) is 0 Å². The summed E-state index contributed by atoms with van der Waals surface area (Å²) in [6.07, 6.45) is -3.59. The molecule has 30 heavy (non-hydrogen) atoms. The van der Waals surface area contributed by atoms with Crippen molar-refractivity contribution in [2.75, 3.05) is 5.32 Å². The Kier molecular flexibility index (Phi) is 6.33. The van der Waals surface area contributed by atoms with E-state index < -0.39 is 35.8 Å². The first kappa shape index (κ1) is 23.0. The number of rotatable bonds is 5. The number of alkyl halides is 3. The molecule has 0 saturated carbocycles. The summed E-state index contributed by atoms with van der Waals surface area (Å²) in [5.41, 5.74) is 0.722. The molecule has 2 amide bonds. The zero-order valence-corrected chi connectivity index (χ0v) is 16.9. The molecule has 1 atom stereocenters. The van der Waals surface area contributed by atoms with E-state index in [0.29, 0.717) is 12.6 Å². The van der Waals surface area contributed by atoms with E-state index in [9.17, 15) is 31.9 Å². The minimum Gasteiger partial charge on any atom is -0.344 e. The molecule has 7 nitrogen and oxygen atoms in total. The molecule has 0 radical (unpaired) electrons. The second kappa shape index (κ2) is 8.25. The monoisotopic (exact) mass is 428 g/mol. The van der Waals surface area contributed by atoms with Crippen LogP contribution in [0.4, 0.5) is 23.2 Å². The van der Waals surface area contributed by atoms with Crippen LogP contribution in [0.15, 0.2) is 12.3 Å². The van der Waals surface area contributed by atoms with Gasteiger partial charge in [0.25, 0.3) is 17.6 Å². The fourth-order valence-corrected chi connectivity index (χ4v) is 2.91. The van der Waals surface area contributed by atoms with E-state index in [0.717, 1.165) is 6.20 Å². The quantitative estimate of drug-likeness (QED) is 0.331. The van der Waals surface area contributed by atoms with Gasteiger partial charge in [-0.05, 0) is 39.3 Å². The highest BCUT2D eigenvalue weighted by Gasteiger charge is 2.39. The first-order valence-corrected chi connectivity index (χ1v) is 8.77. The molecule has 0 bridgehead atoms. The lowest BCUT2D eigenvalue weighted by molar-refractivity contribution is -0.156. The molecular formula is C19H20F4N4O3. The molecule has 0 aromatic carbocycles. The van der Waals surface area contributed by atoms with Crippen LogP contribution < -0.4 is 10.6 Å². The smallest absolute Gasteiger partial charge is 0.344 e. The third kappa shape index (κ3) is 4.50. The number of anilines is 1. The van der Waals surface area contributed by atoms with Crippen LogP contribution in [0.2, 0.25) is 0 Å². The van der Waals surface area contributed by atoms with Crippen molar-refractivity contribution in [3.8, 4) is 0 Å². The average Bonchev–Trinajstić information content (AvgIpc) is 2.85. The predicted molar refractivity (Wildman–Crippen MR) is 99.8 cm³/mol. The largest absolute Gasteiger partial charge is 0.408 e. The lowest BCUT2D eigenvalue weighted by Gasteiger charge is -2.16. The van der Waals surface area contributed by atoms with Crippen LogP contribution >= 0.6 is 0 Å². The zero-order valence-electron chi connectivity index (χ0n) is 16.9. The van der Waals surface area contributed by atoms with Crippen molar-refractivity contribution in [1.82, 2.24) is 14.9 Å². The number of ketones is 1. The van der Waals surface area contributed by atoms with Crippen molar-refractivity contribution in [3.05, 3.63) is 46.3 Å². The van der Waals surface area contributed by atoms with Crippen molar-refractivity contribution in [2.45, 2.75) is 39.9 Å². The number of nitrogens with zero attached hydrogens (tertiary/aromatic N) is 2. The van der Waals surface area contributed by atoms with Gasteiger partial charge in [-0.1, -0.05) is 0 Å². The number of pyridine rings is 1. The first-order chi connectivity index (χ1) is 13.8. The second-order valence-corrected chi connectivity index (χ2v) is 6.84. The van der Waals surface area contributed by atoms with E-state index in [1.54, 1.807) is 5.32 Å². The predicted octanol–water partition coefficient (Wildman–Crippen LogP) is 2.99. The normalized spacial score (nSPS) is 12.4. The Labute approximate surface area is 169 Å². The van der Waals surface area contributed by atoms with Crippen LogP contribution in [-0.2, 0) is 11.8 Å². The van der Waals surface area contributed by atoms with E-state index >= 15 is 0 Å². The fraction of sp³-hybridized carbons (Fsp3) is 0.368. The van der Waals surface area contributed by atoms with Gasteiger partial charge < -0.3 is 15.2 Å². The third-order valence-electron chi connectivity index (χ3n) is 4.69. The van der Waals surface area contributed by atoms with Crippen molar-refractivity contribution in [3.63, 3.8) is 0 Å². The van der Waals surface area contributed by atoms with Gasteiger partial charge in [-0.25, -0.2) is 4.98 Å². The topological polar surface area (TPSA) is 93.1 Å². The molecule has 2 rings (SSSR count). The highest BCUT2D eigenvalue weighted by molar-refractivity contribution is 6.43. The number of aromatic nitrogens is 2. The summed E-state index contributed by atoms with van der Waals surface area (Å²) in [5, 5.41) is 4.14. The number of Topliss-reactive ketones (excluding diaryl/α,β-unsaturated/α-hetero) is 1. The van der Waals surface area contributed by atoms with Crippen LogP contribution in [0, 0.1) is 26.7 Å². The van der Waals surface area contributed by atoms with Crippen molar-refractivity contribution < 1.29 is 31.9 Å². The molecule has 2 N–H and O–H groups in total. The Morgan fingerprint density at radius 1 is 1.17 bits per heavy atom. The minimum absolute atomic E-state index is 0.0690. The molecule has 2 heterocycles. The SMILES string of the molecule is Cc1cc(NC(=O)c2c(C)c(C(=O)C(=O)NC(C)C(F)(F)F)n(C)c2C)cnc1F. The van der Waals surface area contributed by atoms with E-state index in [1.165, 1.54) is 38.5 Å². The van der Waals surface area contributed by atoms with E-state index in [-0.39, 0.29) is 28.1 Å². The second-order valence-electron chi connectivity index (χ2n) is 6.84. The summed E-state index contributed by atoms with van der Waals surface area (Å²) >= 11 is 0. The van der Waals surface area contributed by atoms with Gasteiger partial charge in [0.2, 0.25) is 5.95 Å². The van der Waals surface area contributed by atoms with Gasteiger partial charge in [0.1, 0.15) is 6.04 Å². The standard InChI is InChI=1S/C19H20F4N4O3/c1-8-6-12(7-24-16(8)20)26-17(29)13-9(2)14(27(5)10(13)3)15(28)18(30)25-11(4)19(21,22)23/h6-7,11H,1-5H3,(H,25,30)(H,26,29). The number of aryl methyl sites for hydroxylation is 1. The Hall–Kier alpha value is -3.24. The Bertz CT molecular complexity index is 1030. The van der Waals surface area contributed by atoms with E-state index in [4.69, 9.17) is 0 Å². The molecule has 0 aliphatic carbocycles. The van der Waals surface area contributed by atoms with Gasteiger partial charge in [-0.15, -0.1) is 0 Å². The maximum absolute atomic E-state index is 13.3. The number of carbonyl (C=O) groups is 3. The summed E-state index contributed by atoms with van der Waals surface area (Å²) in [7, 11) is 1.41. The summed E-state index contributed by atoms with van der Waals surface area (Å²) in [6, 6.07) is -0.848. The molecule has 0 fully saturated rings. The number of halogens is 4. The van der Waals surface area contributed by atoms with Gasteiger partial charge in [-0.2, -0.15) is 17.6 Å². The molecule has 11 heteroatoms. The highest BCUT2D eigenvalue weighted by atomic mass is 19.4. The van der Waals surface area contributed by atoms with Crippen LogP contribution in [0.1, 0.15) is 44.6 Å². The summed E-state index contributed by atoms with van der Waals surface area (Å²) in [6.45, 7) is 5.10. The summed E-state index contributed by atoms with van der Waals surface area (Å²) in [5.74, 6) is -3.97. The van der Waals surface area contributed by atoms with Crippen LogP contribution in [0.25, 0.3) is 0 Å². The van der Waals surface area contributed by atoms with E-state index in [1.807, 2.05) is 0 Å². The van der Waals surface area contributed by atoms with Gasteiger partial charge in [0.05, 0.1) is 23.1 Å². The molecule has 0 saturated heterocycles. The summed E-state index contributed by atoms with van der Waals surface area (Å²) < 4.78 is 52.5. The van der Waals surface area contributed by atoms with Gasteiger partial charge in [0.15, 0.2) is 0 Å². The third-order valence-corrected chi connectivity index (χ3v) is 4.69. The number of hydrogen-bond donors (Lipinski definition) is 2. The van der Waals surface area contributed by atoms with Crippen LogP contribution in [-0.4, -0.2) is 39.4 Å². The Morgan fingerprint density at radius 3 is 2.30 bits per heavy atom. The molecule has 162 valence electrons. The molecule has 0 spiro atoms. The van der Waals surface area contributed by atoms with Gasteiger partial charge in [0, 0.05) is 18.3 Å². The maximum atomic E-state index is 13.3.